The average Bonchev–Trinajstić information content (AvgIpc) is 2.79. The van der Waals surface area contributed by atoms with Crippen molar-refractivity contribution in [3.05, 3.63) is 12.1 Å². The summed E-state index contributed by atoms with van der Waals surface area (Å²) in [7, 11) is 3.19. The van der Waals surface area contributed by atoms with E-state index in [1.807, 2.05) is 6.07 Å². The molecule has 2 fully saturated rings. The Morgan fingerprint density at radius 2 is 1.70 bits per heavy atom. The molecule has 1 saturated heterocycles. The van der Waals surface area contributed by atoms with Crippen LogP contribution in [0, 0.1) is 5.92 Å². The van der Waals surface area contributed by atoms with Gasteiger partial charge in [0.1, 0.15) is 5.82 Å². The first-order valence-corrected chi connectivity index (χ1v) is 10.8. The highest BCUT2D eigenvalue weighted by molar-refractivity contribution is 5.91. The number of benzene rings is 1. The largest absolute Gasteiger partial charge is 0.493 e. The van der Waals surface area contributed by atoms with Gasteiger partial charge >= 0.3 is 0 Å². The Morgan fingerprint density at radius 1 is 1.03 bits per heavy atom. The Labute approximate surface area is 177 Å². The maximum Gasteiger partial charge on any atom is 0.227 e. The molecule has 0 spiro atoms. The number of rotatable bonds is 5. The van der Waals surface area contributed by atoms with Crippen LogP contribution >= 0.6 is 0 Å². The van der Waals surface area contributed by atoms with Gasteiger partial charge in [0.2, 0.25) is 11.9 Å². The van der Waals surface area contributed by atoms with E-state index in [9.17, 15) is 4.79 Å². The number of hydrogen-bond donors (Lipinski definition) is 2. The molecule has 3 N–H and O–H groups in total. The molecule has 2 aromatic rings. The Bertz CT molecular complexity index is 905. The monoisotopic (exact) mass is 413 g/mol. The number of fused-ring (bicyclic) bond motifs is 1. The number of ether oxygens (including phenoxy) is 2. The van der Waals surface area contributed by atoms with Crippen molar-refractivity contribution < 1.29 is 14.3 Å². The number of nitrogen functional groups attached to an aromatic ring is 1. The first-order chi connectivity index (χ1) is 14.6. The zero-order valence-corrected chi connectivity index (χ0v) is 17.8. The topological polar surface area (TPSA) is 103 Å². The highest BCUT2D eigenvalue weighted by Crippen LogP contribution is 2.34. The van der Waals surface area contributed by atoms with Crippen LogP contribution in [0.5, 0.6) is 11.5 Å². The first kappa shape index (κ1) is 20.5. The smallest absolute Gasteiger partial charge is 0.227 e. The summed E-state index contributed by atoms with van der Waals surface area (Å²) in [6.07, 6.45) is 7.43. The maximum absolute atomic E-state index is 12.5. The minimum atomic E-state index is 0.201. The molecule has 1 aromatic heterocycles. The lowest BCUT2D eigenvalue weighted by Gasteiger charge is -2.33. The molecular formula is C22H31N5O3. The number of aromatic nitrogens is 2. The second kappa shape index (κ2) is 8.93. The van der Waals surface area contributed by atoms with Crippen LogP contribution in [0.2, 0.25) is 0 Å². The quantitative estimate of drug-likeness (QED) is 0.777. The van der Waals surface area contributed by atoms with Crippen LogP contribution < -0.4 is 25.4 Å². The van der Waals surface area contributed by atoms with Crippen LogP contribution in [0.25, 0.3) is 10.9 Å². The van der Waals surface area contributed by atoms with Crippen LogP contribution in [0.1, 0.15) is 44.9 Å². The van der Waals surface area contributed by atoms with E-state index >= 15 is 0 Å². The number of anilines is 2. The molecule has 30 heavy (non-hydrogen) atoms. The summed E-state index contributed by atoms with van der Waals surface area (Å²) in [5.41, 5.74) is 6.95. The highest BCUT2D eigenvalue weighted by atomic mass is 16.5. The van der Waals surface area contributed by atoms with Crippen LogP contribution in [0.4, 0.5) is 11.8 Å². The molecular weight excluding hydrogens is 382 g/mol. The number of nitrogens with zero attached hydrogens (tertiary/aromatic N) is 3. The van der Waals surface area contributed by atoms with Gasteiger partial charge in [0, 0.05) is 36.5 Å². The fourth-order valence-electron chi connectivity index (χ4n) is 4.52. The summed E-state index contributed by atoms with van der Waals surface area (Å²) < 4.78 is 10.7. The van der Waals surface area contributed by atoms with Crippen molar-refractivity contribution in [1.82, 2.24) is 15.3 Å². The van der Waals surface area contributed by atoms with Crippen molar-refractivity contribution in [2.75, 3.05) is 37.9 Å². The number of carbonyl (C=O) groups excluding carboxylic acids is 1. The Morgan fingerprint density at radius 3 is 2.37 bits per heavy atom. The lowest BCUT2D eigenvalue weighted by atomic mass is 9.88. The second-order valence-electron chi connectivity index (χ2n) is 8.24. The van der Waals surface area contributed by atoms with E-state index < -0.39 is 0 Å². The third-order valence-electron chi connectivity index (χ3n) is 6.32. The van der Waals surface area contributed by atoms with E-state index in [0.29, 0.717) is 23.3 Å². The van der Waals surface area contributed by atoms with Gasteiger partial charge in [-0.1, -0.05) is 19.3 Å². The molecule has 0 radical (unpaired) electrons. The predicted molar refractivity (Wildman–Crippen MR) is 117 cm³/mol. The summed E-state index contributed by atoms with van der Waals surface area (Å²) in [5.74, 6) is 2.68. The second-order valence-corrected chi connectivity index (χ2v) is 8.24. The number of methoxy groups -OCH3 is 2. The van der Waals surface area contributed by atoms with Gasteiger partial charge in [-0.2, -0.15) is 4.98 Å². The van der Waals surface area contributed by atoms with Crippen molar-refractivity contribution in [3.63, 3.8) is 0 Å². The summed E-state index contributed by atoms with van der Waals surface area (Å²) >= 11 is 0. The van der Waals surface area contributed by atoms with Crippen molar-refractivity contribution in [2.45, 2.75) is 51.0 Å². The normalized spacial score (nSPS) is 18.4. The van der Waals surface area contributed by atoms with Gasteiger partial charge in [-0.3, -0.25) is 4.79 Å². The fourth-order valence-corrected chi connectivity index (χ4v) is 4.52. The van der Waals surface area contributed by atoms with Gasteiger partial charge < -0.3 is 25.4 Å². The lowest BCUT2D eigenvalue weighted by Crippen LogP contribution is -2.47. The Balaban J connectivity index is 1.43. The van der Waals surface area contributed by atoms with Gasteiger partial charge in [-0.05, 0) is 31.7 Å². The van der Waals surface area contributed by atoms with Crippen LogP contribution in [-0.2, 0) is 4.79 Å². The number of piperidine rings is 1. The van der Waals surface area contributed by atoms with Gasteiger partial charge in [-0.15, -0.1) is 0 Å². The third-order valence-corrected chi connectivity index (χ3v) is 6.32. The van der Waals surface area contributed by atoms with Crippen LogP contribution in [0.15, 0.2) is 12.1 Å². The summed E-state index contributed by atoms with van der Waals surface area (Å²) in [4.78, 5) is 23.9. The fraction of sp³-hybridized carbons (Fsp3) is 0.591. The van der Waals surface area contributed by atoms with Gasteiger partial charge in [0.15, 0.2) is 11.5 Å². The maximum atomic E-state index is 12.5. The number of amides is 1. The van der Waals surface area contributed by atoms with Gasteiger partial charge in [0.05, 0.1) is 19.7 Å². The molecule has 2 heterocycles. The third kappa shape index (κ3) is 4.22. The summed E-state index contributed by atoms with van der Waals surface area (Å²) in [5, 5.41) is 4.01. The summed E-state index contributed by atoms with van der Waals surface area (Å²) in [6.45, 7) is 1.57. The number of carbonyl (C=O) groups is 1. The first-order valence-electron chi connectivity index (χ1n) is 10.8. The van der Waals surface area contributed by atoms with Crippen LogP contribution in [0.3, 0.4) is 0 Å². The van der Waals surface area contributed by atoms with Crippen molar-refractivity contribution in [2.24, 2.45) is 5.92 Å². The standard InChI is InChI=1S/C22H31N5O3/c1-29-18-12-16-17(13-19(18)30-2)25-22(26-20(16)23)27-10-8-15(9-11-27)24-21(28)14-6-4-3-5-7-14/h12-15H,3-11H2,1-2H3,(H,24,28)(H2,23,25,26). The number of nitrogens with one attached hydrogen (secondary N) is 1. The molecule has 4 rings (SSSR count). The average molecular weight is 414 g/mol. The minimum absolute atomic E-state index is 0.201. The van der Waals surface area contributed by atoms with E-state index in [1.54, 1.807) is 20.3 Å². The SMILES string of the molecule is COc1cc2nc(N3CCC(NC(=O)C4CCCCC4)CC3)nc(N)c2cc1OC. The molecule has 1 aliphatic carbocycles. The van der Waals surface area contributed by atoms with E-state index in [4.69, 9.17) is 20.2 Å². The Hall–Kier alpha value is -2.77. The van der Waals surface area contributed by atoms with Gasteiger partial charge in [0.25, 0.3) is 0 Å². The molecule has 2 aliphatic rings. The van der Waals surface area contributed by atoms with Crippen molar-refractivity contribution in [1.29, 1.82) is 0 Å². The highest BCUT2D eigenvalue weighted by Gasteiger charge is 2.27. The molecule has 8 heteroatoms. The zero-order chi connectivity index (χ0) is 21.1. The number of hydrogen-bond acceptors (Lipinski definition) is 7. The molecule has 0 atom stereocenters. The van der Waals surface area contributed by atoms with Crippen LogP contribution in [-0.4, -0.2) is 49.2 Å². The van der Waals surface area contributed by atoms with Crippen molar-refractivity contribution in [3.8, 4) is 11.5 Å². The lowest BCUT2D eigenvalue weighted by molar-refractivity contribution is -0.126. The van der Waals surface area contributed by atoms with E-state index in [-0.39, 0.29) is 17.9 Å². The molecule has 0 bridgehead atoms. The minimum Gasteiger partial charge on any atom is -0.493 e. The number of nitrogens with two attached hydrogens (primary N) is 1. The predicted octanol–water partition coefficient (Wildman–Crippen LogP) is 2.89. The molecule has 8 nitrogen and oxygen atoms in total. The molecule has 1 aromatic carbocycles. The van der Waals surface area contributed by atoms with Crippen molar-refractivity contribution >= 4 is 28.6 Å². The molecule has 162 valence electrons. The molecule has 0 unspecified atom stereocenters. The molecule has 1 aliphatic heterocycles. The van der Waals surface area contributed by atoms with E-state index in [2.05, 4.69) is 15.2 Å². The van der Waals surface area contributed by atoms with Gasteiger partial charge in [-0.25, -0.2) is 4.98 Å². The van der Waals surface area contributed by atoms with E-state index in [1.165, 1.54) is 19.3 Å². The Kier molecular flexibility index (Phi) is 6.11. The molecule has 1 amide bonds. The summed E-state index contributed by atoms with van der Waals surface area (Å²) in [6, 6.07) is 3.85. The zero-order valence-electron chi connectivity index (χ0n) is 17.8. The van der Waals surface area contributed by atoms with E-state index in [0.717, 1.165) is 49.7 Å². The molecule has 1 saturated carbocycles.